The highest BCUT2D eigenvalue weighted by atomic mass is 16.1. The van der Waals surface area contributed by atoms with Crippen molar-refractivity contribution in [2.75, 3.05) is 0 Å². The van der Waals surface area contributed by atoms with Crippen molar-refractivity contribution < 1.29 is 4.79 Å². The first-order chi connectivity index (χ1) is 4.61. The maximum absolute atomic E-state index is 11.1. The molecule has 1 aliphatic rings. The molecule has 1 aliphatic carbocycles. The van der Waals surface area contributed by atoms with Crippen LogP contribution in [0.4, 0.5) is 0 Å². The van der Waals surface area contributed by atoms with Gasteiger partial charge >= 0.3 is 0 Å². The van der Waals surface area contributed by atoms with Crippen molar-refractivity contribution in [3.8, 4) is 0 Å². The summed E-state index contributed by atoms with van der Waals surface area (Å²) in [4.78, 5) is 11.1. The van der Waals surface area contributed by atoms with Gasteiger partial charge in [0.1, 0.15) is 0 Å². The SMILES string of the molecule is CC1=C[C+](C)C=C(C)C1=O. The molecule has 0 aromatic heterocycles. The standard InChI is InChI=1S/C9H11O/c1-6-4-7(2)9(10)8(3)5-6/h4-5H,1-3H3/q+1. The molecular formula is C9H11O+. The summed E-state index contributed by atoms with van der Waals surface area (Å²) in [6, 6.07) is 0. The number of hydrogen-bond donors (Lipinski definition) is 0. The Hall–Kier alpha value is -0.980. The van der Waals surface area contributed by atoms with E-state index in [1.165, 1.54) is 0 Å². The van der Waals surface area contributed by atoms with Gasteiger partial charge in [-0.1, -0.05) is 0 Å². The van der Waals surface area contributed by atoms with Crippen LogP contribution >= 0.6 is 0 Å². The zero-order valence-corrected chi connectivity index (χ0v) is 6.56. The van der Waals surface area contributed by atoms with E-state index in [0.717, 1.165) is 17.1 Å². The van der Waals surface area contributed by atoms with Crippen LogP contribution in [-0.4, -0.2) is 5.78 Å². The summed E-state index contributed by atoms with van der Waals surface area (Å²) in [5.74, 6) is 1.33. The molecular weight excluding hydrogens is 124 g/mol. The van der Waals surface area contributed by atoms with Crippen molar-refractivity contribution in [1.29, 1.82) is 0 Å². The molecule has 0 spiro atoms. The van der Waals surface area contributed by atoms with Gasteiger partial charge in [-0.2, -0.15) is 0 Å². The molecule has 0 aliphatic heterocycles. The van der Waals surface area contributed by atoms with Crippen LogP contribution in [0.1, 0.15) is 20.8 Å². The average molecular weight is 135 g/mol. The second-order valence-electron chi connectivity index (χ2n) is 2.73. The van der Waals surface area contributed by atoms with Crippen LogP contribution in [0.25, 0.3) is 0 Å². The van der Waals surface area contributed by atoms with Crippen molar-refractivity contribution in [2.24, 2.45) is 0 Å². The van der Waals surface area contributed by atoms with Gasteiger partial charge in [0.05, 0.1) is 23.3 Å². The lowest BCUT2D eigenvalue weighted by molar-refractivity contribution is -0.112. The molecule has 0 fully saturated rings. The molecule has 0 aromatic rings. The van der Waals surface area contributed by atoms with Gasteiger partial charge in [0, 0.05) is 26.7 Å². The van der Waals surface area contributed by atoms with E-state index in [4.69, 9.17) is 0 Å². The van der Waals surface area contributed by atoms with E-state index in [2.05, 4.69) is 0 Å². The summed E-state index contributed by atoms with van der Waals surface area (Å²) in [6.45, 7) is 5.70. The highest BCUT2D eigenvalue weighted by Gasteiger charge is 2.22. The first-order valence-corrected chi connectivity index (χ1v) is 3.36. The summed E-state index contributed by atoms with van der Waals surface area (Å²) in [7, 11) is 0. The normalized spacial score (nSPS) is 18.7. The van der Waals surface area contributed by atoms with Crippen LogP contribution in [0.2, 0.25) is 0 Å². The highest BCUT2D eigenvalue weighted by molar-refractivity contribution is 6.09. The smallest absolute Gasteiger partial charge is 0.257 e. The van der Waals surface area contributed by atoms with Crippen molar-refractivity contribution in [3.63, 3.8) is 0 Å². The molecule has 10 heavy (non-hydrogen) atoms. The molecule has 0 aromatic carbocycles. The minimum atomic E-state index is 0.172. The Balaban J connectivity index is 2.94. The Labute approximate surface area is 61.4 Å². The van der Waals surface area contributed by atoms with Gasteiger partial charge in [-0.05, 0) is 0 Å². The van der Waals surface area contributed by atoms with Crippen LogP contribution in [0, 0.1) is 5.92 Å². The van der Waals surface area contributed by atoms with E-state index in [0.29, 0.717) is 0 Å². The van der Waals surface area contributed by atoms with Gasteiger partial charge in [0.15, 0.2) is 0 Å². The Bertz CT molecular complexity index is 199. The maximum Gasteiger partial charge on any atom is 0.290 e. The van der Waals surface area contributed by atoms with Gasteiger partial charge in [-0.15, -0.1) is 0 Å². The topological polar surface area (TPSA) is 17.1 Å². The molecule has 1 nitrogen and oxygen atoms in total. The second-order valence-corrected chi connectivity index (χ2v) is 2.73. The number of Topliss-reactive ketones (excluding diaryl/α,β-unsaturated/α-hetero) is 1. The molecule has 52 valence electrons. The fraction of sp³-hybridized carbons (Fsp3) is 0.333. The van der Waals surface area contributed by atoms with Crippen molar-refractivity contribution in [2.45, 2.75) is 20.8 Å². The van der Waals surface area contributed by atoms with Gasteiger partial charge in [0.25, 0.3) is 5.78 Å². The number of ketones is 1. The van der Waals surface area contributed by atoms with Crippen LogP contribution < -0.4 is 0 Å². The lowest BCUT2D eigenvalue weighted by atomic mass is 9.93. The molecule has 0 amide bonds. The van der Waals surface area contributed by atoms with E-state index >= 15 is 0 Å². The lowest BCUT2D eigenvalue weighted by Gasteiger charge is -2.01. The molecule has 0 unspecified atom stereocenters. The third kappa shape index (κ3) is 1.13. The summed E-state index contributed by atoms with van der Waals surface area (Å²) in [5.41, 5.74) is 1.69. The number of carbonyl (C=O) groups excluding carboxylic acids is 1. The van der Waals surface area contributed by atoms with E-state index in [1.807, 2.05) is 32.9 Å². The Morgan fingerprint density at radius 3 is 2.00 bits per heavy atom. The fourth-order valence-electron chi connectivity index (χ4n) is 1.17. The molecule has 0 atom stereocenters. The number of rotatable bonds is 0. The highest BCUT2D eigenvalue weighted by Crippen LogP contribution is 2.18. The predicted octanol–water partition coefficient (Wildman–Crippen LogP) is 2.06. The average Bonchev–Trinajstić information content (AvgIpc) is 1.82. The zero-order chi connectivity index (χ0) is 7.72. The molecule has 0 radical (unpaired) electrons. The number of carbonyl (C=O) groups is 1. The molecule has 0 N–H and O–H groups in total. The molecule has 1 heteroatoms. The van der Waals surface area contributed by atoms with Crippen LogP contribution in [0.15, 0.2) is 23.3 Å². The molecule has 0 bridgehead atoms. The summed E-state index contributed by atoms with van der Waals surface area (Å²) in [6.07, 6.45) is 3.82. The van der Waals surface area contributed by atoms with E-state index in [1.54, 1.807) is 0 Å². The third-order valence-corrected chi connectivity index (χ3v) is 1.60. The van der Waals surface area contributed by atoms with Crippen LogP contribution in [0.5, 0.6) is 0 Å². The zero-order valence-electron chi connectivity index (χ0n) is 6.56. The Morgan fingerprint density at radius 2 is 1.60 bits per heavy atom. The Morgan fingerprint density at radius 1 is 1.20 bits per heavy atom. The van der Waals surface area contributed by atoms with E-state index in [-0.39, 0.29) is 5.78 Å². The number of allylic oxidation sites excluding steroid dienone is 4. The first kappa shape index (κ1) is 7.13. The van der Waals surface area contributed by atoms with E-state index < -0.39 is 0 Å². The predicted molar refractivity (Wildman–Crippen MR) is 41.4 cm³/mol. The number of hydrogen-bond acceptors (Lipinski definition) is 1. The fourth-order valence-corrected chi connectivity index (χ4v) is 1.17. The lowest BCUT2D eigenvalue weighted by Crippen LogP contribution is -2.07. The van der Waals surface area contributed by atoms with E-state index in [9.17, 15) is 4.79 Å². The monoisotopic (exact) mass is 135 g/mol. The maximum atomic E-state index is 11.1. The summed E-state index contributed by atoms with van der Waals surface area (Å²) < 4.78 is 0. The largest absolute Gasteiger partial charge is 0.290 e. The minimum absolute atomic E-state index is 0.172. The summed E-state index contributed by atoms with van der Waals surface area (Å²) in [5, 5.41) is 0. The van der Waals surface area contributed by atoms with Gasteiger partial charge in [-0.3, -0.25) is 4.79 Å². The Kier molecular flexibility index (Phi) is 1.66. The first-order valence-electron chi connectivity index (χ1n) is 3.36. The van der Waals surface area contributed by atoms with Gasteiger partial charge in [0.2, 0.25) is 0 Å². The third-order valence-electron chi connectivity index (χ3n) is 1.60. The van der Waals surface area contributed by atoms with Crippen molar-refractivity contribution >= 4 is 5.78 Å². The summed E-state index contributed by atoms with van der Waals surface area (Å²) >= 11 is 0. The van der Waals surface area contributed by atoms with Crippen molar-refractivity contribution in [1.82, 2.24) is 0 Å². The second kappa shape index (κ2) is 2.33. The van der Waals surface area contributed by atoms with Crippen molar-refractivity contribution in [3.05, 3.63) is 29.2 Å². The van der Waals surface area contributed by atoms with Gasteiger partial charge in [-0.25, -0.2) is 0 Å². The molecule has 0 saturated carbocycles. The molecule has 1 rings (SSSR count). The minimum Gasteiger partial charge on any atom is -0.257 e. The van der Waals surface area contributed by atoms with Crippen LogP contribution in [0.3, 0.4) is 0 Å². The quantitative estimate of drug-likeness (QED) is 0.464. The molecule has 0 saturated heterocycles. The molecule has 0 heterocycles. The van der Waals surface area contributed by atoms with Gasteiger partial charge < -0.3 is 0 Å². The van der Waals surface area contributed by atoms with Crippen LogP contribution in [-0.2, 0) is 4.79 Å².